The van der Waals surface area contributed by atoms with Crippen molar-refractivity contribution in [1.82, 2.24) is 9.88 Å². The van der Waals surface area contributed by atoms with Crippen LogP contribution in [0.5, 0.6) is 0 Å². The fourth-order valence-electron chi connectivity index (χ4n) is 4.31. The minimum Gasteiger partial charge on any atom is -0.478 e. The summed E-state index contributed by atoms with van der Waals surface area (Å²) < 4.78 is 27.7. The van der Waals surface area contributed by atoms with Crippen LogP contribution in [-0.4, -0.2) is 55.3 Å². The fraction of sp³-hybridized carbons (Fsp3) is 0.192. The first kappa shape index (κ1) is 26.2. The summed E-state index contributed by atoms with van der Waals surface area (Å²) in [5, 5.41) is 12.8. The van der Waals surface area contributed by atoms with Crippen LogP contribution in [0.2, 0.25) is 5.02 Å². The van der Waals surface area contributed by atoms with Crippen molar-refractivity contribution in [3.8, 4) is 0 Å². The van der Waals surface area contributed by atoms with Crippen molar-refractivity contribution in [2.45, 2.75) is 29.6 Å². The highest BCUT2D eigenvalue weighted by atomic mass is 35.5. The van der Waals surface area contributed by atoms with Crippen LogP contribution < -0.4 is 5.32 Å². The molecule has 1 aromatic heterocycles. The predicted molar refractivity (Wildman–Crippen MR) is 139 cm³/mol. The average molecular weight is 542 g/mol. The SMILES string of the molecule is Cc1[nH]c(C=C2C(=O)Nc3ccc(Cl)cc32)c(CCC(=O)N(C)C)c1S(=O)(=O)c1ccccc1C(=O)O. The first-order valence-electron chi connectivity index (χ1n) is 11.2. The maximum Gasteiger partial charge on any atom is 0.337 e. The van der Waals surface area contributed by atoms with E-state index in [0.717, 1.165) is 0 Å². The van der Waals surface area contributed by atoms with Crippen LogP contribution in [0.3, 0.4) is 0 Å². The van der Waals surface area contributed by atoms with Crippen molar-refractivity contribution in [1.29, 1.82) is 0 Å². The van der Waals surface area contributed by atoms with Gasteiger partial charge in [-0.05, 0) is 55.3 Å². The van der Waals surface area contributed by atoms with Gasteiger partial charge < -0.3 is 20.3 Å². The van der Waals surface area contributed by atoms with E-state index < -0.39 is 15.8 Å². The van der Waals surface area contributed by atoms with Crippen LogP contribution in [-0.2, 0) is 25.8 Å². The molecule has 0 atom stereocenters. The van der Waals surface area contributed by atoms with E-state index in [-0.39, 0.29) is 56.8 Å². The molecule has 0 aliphatic carbocycles. The number of hydrogen-bond acceptors (Lipinski definition) is 5. The number of aromatic carboxylic acids is 1. The quantitative estimate of drug-likeness (QED) is 0.386. The average Bonchev–Trinajstić information content (AvgIpc) is 3.32. The molecule has 0 bridgehead atoms. The maximum absolute atomic E-state index is 13.8. The Morgan fingerprint density at radius 2 is 1.84 bits per heavy atom. The molecule has 0 fully saturated rings. The van der Waals surface area contributed by atoms with Gasteiger partial charge in [-0.25, -0.2) is 13.2 Å². The third-order valence-electron chi connectivity index (χ3n) is 6.08. The molecule has 0 saturated heterocycles. The molecule has 0 spiro atoms. The molecule has 192 valence electrons. The lowest BCUT2D eigenvalue weighted by Gasteiger charge is -2.13. The standard InChI is InChI=1S/C26H24ClN3O6S/c1-14-24(37(35,36)22-7-5-4-6-17(22)26(33)34)16(9-11-23(31)30(2)3)21(28-14)13-19-18-12-15(27)8-10-20(18)29-25(19)32/h4-8,10,12-13,28H,9,11H2,1-3H3,(H,29,32)(H,33,34). The first-order valence-corrected chi connectivity index (χ1v) is 13.1. The molecule has 1 aliphatic rings. The lowest BCUT2D eigenvalue weighted by atomic mass is 10.0. The molecule has 11 heteroatoms. The van der Waals surface area contributed by atoms with Gasteiger partial charge in [0, 0.05) is 48.2 Å². The number of carbonyl (C=O) groups excluding carboxylic acids is 2. The Hall–Kier alpha value is -3.89. The summed E-state index contributed by atoms with van der Waals surface area (Å²) in [5.41, 5.74) is 1.89. The van der Waals surface area contributed by atoms with E-state index in [0.29, 0.717) is 22.0 Å². The van der Waals surface area contributed by atoms with E-state index in [9.17, 15) is 27.9 Å². The number of anilines is 1. The van der Waals surface area contributed by atoms with Crippen molar-refractivity contribution >= 4 is 56.6 Å². The van der Waals surface area contributed by atoms with Gasteiger partial charge in [-0.1, -0.05) is 23.7 Å². The van der Waals surface area contributed by atoms with Crippen LogP contribution >= 0.6 is 11.6 Å². The Balaban J connectivity index is 1.93. The molecule has 2 heterocycles. The summed E-state index contributed by atoms with van der Waals surface area (Å²) in [5.74, 6) is -1.99. The number of carboxylic acids is 1. The number of carboxylic acid groups (broad SMARTS) is 1. The predicted octanol–water partition coefficient (Wildman–Crippen LogP) is 4.02. The molecule has 4 rings (SSSR count). The number of halogens is 1. The monoisotopic (exact) mass is 541 g/mol. The van der Waals surface area contributed by atoms with Gasteiger partial charge in [0.1, 0.15) is 0 Å². The van der Waals surface area contributed by atoms with Gasteiger partial charge >= 0.3 is 5.97 Å². The number of nitrogens with zero attached hydrogens (tertiary/aromatic N) is 1. The van der Waals surface area contributed by atoms with E-state index in [2.05, 4.69) is 10.3 Å². The number of aryl methyl sites for hydroxylation is 1. The lowest BCUT2D eigenvalue weighted by molar-refractivity contribution is -0.128. The highest BCUT2D eigenvalue weighted by Crippen LogP contribution is 2.38. The van der Waals surface area contributed by atoms with Crippen LogP contribution in [0.15, 0.2) is 52.3 Å². The summed E-state index contributed by atoms with van der Waals surface area (Å²) in [6.45, 7) is 1.55. The van der Waals surface area contributed by atoms with Gasteiger partial charge in [0.2, 0.25) is 15.7 Å². The van der Waals surface area contributed by atoms with E-state index >= 15 is 0 Å². The Labute approximate surface area is 218 Å². The minimum atomic E-state index is -4.33. The largest absolute Gasteiger partial charge is 0.478 e. The van der Waals surface area contributed by atoms with Gasteiger partial charge in [0.25, 0.3) is 5.91 Å². The zero-order valence-corrected chi connectivity index (χ0v) is 21.8. The van der Waals surface area contributed by atoms with Crippen molar-refractivity contribution in [3.05, 3.63) is 75.6 Å². The fourth-order valence-corrected chi connectivity index (χ4v) is 6.39. The van der Waals surface area contributed by atoms with Crippen LogP contribution in [0.25, 0.3) is 11.6 Å². The molecule has 9 nitrogen and oxygen atoms in total. The zero-order chi connectivity index (χ0) is 27.1. The Morgan fingerprint density at radius 3 is 2.51 bits per heavy atom. The smallest absolute Gasteiger partial charge is 0.337 e. The molecule has 2 amide bonds. The minimum absolute atomic E-state index is 0.00181. The number of carbonyl (C=O) groups is 3. The molecule has 1 aliphatic heterocycles. The Morgan fingerprint density at radius 1 is 1.14 bits per heavy atom. The van der Waals surface area contributed by atoms with Gasteiger partial charge in [0.05, 0.1) is 20.9 Å². The molecular weight excluding hydrogens is 518 g/mol. The van der Waals surface area contributed by atoms with Gasteiger partial charge in [-0.15, -0.1) is 0 Å². The van der Waals surface area contributed by atoms with Crippen LogP contribution in [0, 0.1) is 6.92 Å². The van der Waals surface area contributed by atoms with Gasteiger partial charge in [-0.3, -0.25) is 9.59 Å². The molecule has 2 aromatic carbocycles. The number of hydrogen-bond donors (Lipinski definition) is 3. The molecule has 37 heavy (non-hydrogen) atoms. The molecule has 0 radical (unpaired) electrons. The summed E-state index contributed by atoms with van der Waals surface area (Å²) in [4.78, 5) is 40.9. The first-order chi connectivity index (χ1) is 17.4. The summed E-state index contributed by atoms with van der Waals surface area (Å²) in [7, 11) is -1.14. The van der Waals surface area contributed by atoms with Gasteiger partial charge in [0.15, 0.2) is 0 Å². The van der Waals surface area contributed by atoms with E-state index in [4.69, 9.17) is 11.6 Å². The van der Waals surface area contributed by atoms with Crippen molar-refractivity contribution in [3.63, 3.8) is 0 Å². The number of sulfone groups is 1. The number of rotatable bonds is 7. The zero-order valence-electron chi connectivity index (χ0n) is 20.3. The van der Waals surface area contributed by atoms with Gasteiger partial charge in [-0.2, -0.15) is 0 Å². The number of fused-ring (bicyclic) bond motifs is 1. The second kappa shape index (κ2) is 9.87. The third-order valence-corrected chi connectivity index (χ3v) is 8.34. The number of aromatic nitrogens is 1. The maximum atomic E-state index is 13.8. The highest BCUT2D eigenvalue weighted by molar-refractivity contribution is 7.91. The molecule has 0 saturated carbocycles. The topological polar surface area (TPSA) is 137 Å². The second-order valence-corrected chi connectivity index (χ2v) is 11.1. The van der Waals surface area contributed by atoms with Crippen molar-refractivity contribution in [2.24, 2.45) is 0 Å². The molecule has 3 aromatic rings. The lowest BCUT2D eigenvalue weighted by Crippen LogP contribution is -2.22. The van der Waals surface area contributed by atoms with Crippen LogP contribution in [0.1, 0.15) is 39.3 Å². The highest BCUT2D eigenvalue weighted by Gasteiger charge is 2.32. The summed E-state index contributed by atoms with van der Waals surface area (Å²) in [6, 6.07) is 10.3. The number of benzene rings is 2. The number of nitrogens with one attached hydrogen (secondary N) is 2. The molecular formula is C26H24ClN3O6S. The number of H-pyrrole nitrogens is 1. The number of amides is 2. The van der Waals surface area contributed by atoms with E-state index in [1.807, 2.05) is 0 Å². The Bertz CT molecular complexity index is 1590. The number of aromatic amines is 1. The molecule has 3 N–H and O–H groups in total. The summed E-state index contributed by atoms with van der Waals surface area (Å²) >= 11 is 6.14. The second-order valence-electron chi connectivity index (χ2n) is 8.77. The molecule has 0 unspecified atom stereocenters. The van der Waals surface area contributed by atoms with Crippen molar-refractivity contribution in [2.75, 3.05) is 19.4 Å². The third kappa shape index (κ3) is 4.90. The normalized spacial score (nSPS) is 13.9. The van der Waals surface area contributed by atoms with E-state index in [1.54, 1.807) is 39.2 Å². The van der Waals surface area contributed by atoms with Crippen LogP contribution in [0.4, 0.5) is 5.69 Å². The van der Waals surface area contributed by atoms with Crippen molar-refractivity contribution < 1.29 is 27.9 Å². The Kier molecular flexibility index (Phi) is 6.98. The van der Waals surface area contributed by atoms with E-state index in [1.165, 1.54) is 35.2 Å². The summed E-state index contributed by atoms with van der Waals surface area (Å²) in [6.07, 6.45) is 1.56.